The molecule has 1 aromatic carbocycles. The Hall–Kier alpha value is -1.55. The summed E-state index contributed by atoms with van der Waals surface area (Å²) in [6, 6.07) is 6.80. The normalized spacial score (nSPS) is 26.0. The lowest BCUT2D eigenvalue weighted by Gasteiger charge is -2.23. The molecule has 1 aromatic rings. The van der Waals surface area contributed by atoms with Crippen LogP contribution in [0.5, 0.6) is 0 Å². The number of carbonyl (C=O) groups is 1. The highest BCUT2D eigenvalue weighted by molar-refractivity contribution is 5.71. The maximum absolute atomic E-state index is 11.2. The molecule has 0 aliphatic carbocycles. The van der Waals surface area contributed by atoms with E-state index in [1.807, 2.05) is 6.92 Å². The van der Waals surface area contributed by atoms with Crippen molar-refractivity contribution in [2.45, 2.75) is 32.4 Å². The second-order valence-corrected chi connectivity index (χ2v) is 6.08. The van der Waals surface area contributed by atoms with Gasteiger partial charge in [-0.25, -0.2) is 0 Å². The summed E-state index contributed by atoms with van der Waals surface area (Å²) in [6.45, 7) is 4.88. The molecule has 3 rings (SSSR count). The van der Waals surface area contributed by atoms with Gasteiger partial charge in [-0.1, -0.05) is 12.1 Å². The number of aliphatic carboxylic acids is 1. The van der Waals surface area contributed by atoms with Gasteiger partial charge in [-0.3, -0.25) is 9.69 Å². The minimum Gasteiger partial charge on any atom is -0.481 e. The molecule has 1 N–H and O–H groups in total. The minimum atomic E-state index is -0.657. The molecule has 108 valence electrons. The molecule has 2 atom stereocenters. The predicted molar refractivity (Wildman–Crippen MR) is 79.0 cm³/mol. The zero-order chi connectivity index (χ0) is 14.3. The molecule has 2 heterocycles. The van der Waals surface area contributed by atoms with Gasteiger partial charge in [0.1, 0.15) is 0 Å². The molecule has 4 heteroatoms. The van der Waals surface area contributed by atoms with E-state index < -0.39 is 5.97 Å². The van der Waals surface area contributed by atoms with Crippen molar-refractivity contribution in [3.05, 3.63) is 29.3 Å². The van der Waals surface area contributed by atoms with Crippen LogP contribution in [-0.2, 0) is 17.8 Å². The average molecular weight is 274 g/mol. The van der Waals surface area contributed by atoms with E-state index in [9.17, 15) is 9.90 Å². The molecular weight excluding hydrogens is 252 g/mol. The fourth-order valence-corrected chi connectivity index (χ4v) is 3.51. The summed E-state index contributed by atoms with van der Waals surface area (Å²) in [5.74, 6) is -0.869. The Kier molecular flexibility index (Phi) is 3.42. The topological polar surface area (TPSA) is 43.8 Å². The smallest absolute Gasteiger partial charge is 0.308 e. The average Bonchev–Trinajstić information content (AvgIpc) is 2.95. The van der Waals surface area contributed by atoms with Crippen molar-refractivity contribution in [2.24, 2.45) is 5.92 Å². The van der Waals surface area contributed by atoms with Crippen LogP contribution < -0.4 is 4.90 Å². The van der Waals surface area contributed by atoms with Crippen LogP contribution in [0.2, 0.25) is 0 Å². The molecular formula is C16H22N2O2. The van der Waals surface area contributed by atoms with E-state index >= 15 is 0 Å². The van der Waals surface area contributed by atoms with Crippen molar-refractivity contribution in [1.29, 1.82) is 0 Å². The molecule has 1 fully saturated rings. The number of fused-ring (bicyclic) bond motifs is 1. The van der Waals surface area contributed by atoms with E-state index in [0.29, 0.717) is 0 Å². The second-order valence-electron chi connectivity index (χ2n) is 6.08. The molecule has 2 aliphatic heterocycles. The van der Waals surface area contributed by atoms with Crippen LogP contribution in [0.15, 0.2) is 18.2 Å². The second kappa shape index (κ2) is 5.09. The van der Waals surface area contributed by atoms with Gasteiger partial charge >= 0.3 is 5.97 Å². The van der Waals surface area contributed by atoms with E-state index in [1.165, 1.54) is 16.8 Å². The summed E-state index contributed by atoms with van der Waals surface area (Å²) in [7, 11) is 2.13. The molecule has 20 heavy (non-hydrogen) atoms. The van der Waals surface area contributed by atoms with Crippen molar-refractivity contribution in [3.8, 4) is 0 Å². The van der Waals surface area contributed by atoms with Gasteiger partial charge in [0.15, 0.2) is 0 Å². The minimum absolute atomic E-state index is 0.128. The summed E-state index contributed by atoms with van der Waals surface area (Å²) in [5, 5.41) is 9.19. The lowest BCUT2D eigenvalue weighted by Crippen LogP contribution is -2.32. The van der Waals surface area contributed by atoms with E-state index in [0.717, 1.165) is 32.5 Å². The third-order valence-corrected chi connectivity index (χ3v) is 4.86. The van der Waals surface area contributed by atoms with E-state index in [-0.39, 0.29) is 12.0 Å². The SMILES string of the molecule is CC1C(C(=O)O)CCN1Cc1ccc2c(c1)CCN2C. The van der Waals surface area contributed by atoms with Crippen molar-refractivity contribution >= 4 is 11.7 Å². The molecule has 1 saturated heterocycles. The summed E-state index contributed by atoms with van der Waals surface area (Å²) >= 11 is 0. The third-order valence-electron chi connectivity index (χ3n) is 4.86. The van der Waals surface area contributed by atoms with Crippen LogP contribution in [0, 0.1) is 5.92 Å². The summed E-state index contributed by atoms with van der Waals surface area (Å²) < 4.78 is 0. The largest absolute Gasteiger partial charge is 0.481 e. The number of hydrogen-bond donors (Lipinski definition) is 1. The molecule has 0 aromatic heterocycles. The van der Waals surface area contributed by atoms with Gasteiger partial charge in [0.05, 0.1) is 5.92 Å². The lowest BCUT2D eigenvalue weighted by molar-refractivity contribution is -0.142. The van der Waals surface area contributed by atoms with Crippen molar-refractivity contribution in [2.75, 3.05) is 25.0 Å². The van der Waals surface area contributed by atoms with Gasteiger partial charge in [0.25, 0.3) is 0 Å². The molecule has 0 radical (unpaired) electrons. The van der Waals surface area contributed by atoms with Gasteiger partial charge in [-0.15, -0.1) is 0 Å². The number of rotatable bonds is 3. The molecule has 0 spiro atoms. The number of anilines is 1. The maximum atomic E-state index is 11.2. The Morgan fingerprint density at radius 3 is 2.90 bits per heavy atom. The van der Waals surface area contributed by atoms with Crippen molar-refractivity contribution in [3.63, 3.8) is 0 Å². The predicted octanol–water partition coefficient (Wildman–Crippen LogP) is 1.97. The Labute approximate surface area is 120 Å². The number of likely N-dealkylation sites (N-methyl/N-ethyl adjacent to an activating group) is 1. The highest BCUT2D eigenvalue weighted by Crippen LogP contribution is 2.30. The van der Waals surface area contributed by atoms with Crippen LogP contribution in [0.3, 0.4) is 0 Å². The van der Waals surface area contributed by atoms with E-state index in [4.69, 9.17) is 0 Å². The first-order valence-electron chi connectivity index (χ1n) is 7.36. The first kappa shape index (κ1) is 13.4. The zero-order valence-corrected chi connectivity index (χ0v) is 12.2. The quantitative estimate of drug-likeness (QED) is 0.915. The van der Waals surface area contributed by atoms with E-state index in [1.54, 1.807) is 0 Å². The third kappa shape index (κ3) is 2.29. The number of benzene rings is 1. The maximum Gasteiger partial charge on any atom is 0.308 e. The Bertz CT molecular complexity index is 529. The number of likely N-dealkylation sites (tertiary alicyclic amines) is 1. The zero-order valence-electron chi connectivity index (χ0n) is 12.2. The standard InChI is InChI=1S/C16H22N2O2/c1-11-14(16(19)20)6-8-18(11)10-12-3-4-15-13(9-12)5-7-17(15)2/h3-4,9,11,14H,5-8,10H2,1-2H3,(H,19,20). The molecule has 0 bridgehead atoms. The summed E-state index contributed by atoms with van der Waals surface area (Å²) in [4.78, 5) is 15.7. The monoisotopic (exact) mass is 274 g/mol. The molecule has 2 unspecified atom stereocenters. The van der Waals surface area contributed by atoms with Crippen LogP contribution in [0.1, 0.15) is 24.5 Å². The molecule has 2 aliphatic rings. The van der Waals surface area contributed by atoms with Crippen LogP contribution >= 0.6 is 0 Å². The first-order valence-corrected chi connectivity index (χ1v) is 7.36. The first-order chi connectivity index (χ1) is 9.56. The number of nitrogens with zero attached hydrogens (tertiary/aromatic N) is 2. The van der Waals surface area contributed by atoms with Gasteiger partial charge in [-0.05, 0) is 43.5 Å². The Morgan fingerprint density at radius 1 is 1.40 bits per heavy atom. The van der Waals surface area contributed by atoms with Crippen LogP contribution in [-0.4, -0.2) is 42.2 Å². The lowest BCUT2D eigenvalue weighted by atomic mass is 10.0. The van der Waals surface area contributed by atoms with Gasteiger partial charge in [-0.2, -0.15) is 0 Å². The number of carboxylic acids is 1. The van der Waals surface area contributed by atoms with Crippen molar-refractivity contribution in [1.82, 2.24) is 4.90 Å². The molecule has 0 saturated carbocycles. The van der Waals surface area contributed by atoms with E-state index in [2.05, 4.69) is 35.0 Å². The number of carboxylic acid groups (broad SMARTS) is 1. The fraction of sp³-hybridized carbons (Fsp3) is 0.562. The highest BCUT2D eigenvalue weighted by atomic mass is 16.4. The fourth-order valence-electron chi connectivity index (χ4n) is 3.51. The summed E-state index contributed by atoms with van der Waals surface area (Å²) in [6.07, 6.45) is 1.89. The Balaban J connectivity index is 1.72. The van der Waals surface area contributed by atoms with Crippen LogP contribution in [0.25, 0.3) is 0 Å². The van der Waals surface area contributed by atoms with Crippen LogP contribution in [0.4, 0.5) is 5.69 Å². The highest BCUT2D eigenvalue weighted by Gasteiger charge is 2.35. The number of hydrogen-bond acceptors (Lipinski definition) is 3. The van der Waals surface area contributed by atoms with Gasteiger partial charge in [0.2, 0.25) is 0 Å². The van der Waals surface area contributed by atoms with Gasteiger partial charge < -0.3 is 10.0 Å². The Morgan fingerprint density at radius 2 is 2.20 bits per heavy atom. The molecule has 0 amide bonds. The molecule has 4 nitrogen and oxygen atoms in total. The van der Waals surface area contributed by atoms with Crippen molar-refractivity contribution < 1.29 is 9.90 Å². The van der Waals surface area contributed by atoms with Gasteiger partial charge in [0, 0.05) is 31.9 Å². The summed E-state index contributed by atoms with van der Waals surface area (Å²) in [5.41, 5.74) is 4.07.